The molecule has 2 nitrogen and oxygen atoms in total. The van der Waals surface area contributed by atoms with E-state index < -0.39 is 0 Å². The maximum Gasteiger partial charge on any atom is 0.0492 e. The van der Waals surface area contributed by atoms with Crippen LogP contribution in [0.5, 0.6) is 0 Å². The Morgan fingerprint density at radius 2 is 1.47 bits per heavy atom. The van der Waals surface area contributed by atoms with E-state index in [0.717, 1.165) is 18.8 Å². The van der Waals surface area contributed by atoms with Crippen molar-refractivity contribution in [1.82, 2.24) is 10.2 Å². The van der Waals surface area contributed by atoms with Gasteiger partial charge in [0, 0.05) is 16.8 Å². The zero-order valence-corrected chi connectivity index (χ0v) is 13.0. The normalized spacial score (nSPS) is 12.9. The molecule has 0 spiro atoms. The van der Waals surface area contributed by atoms with E-state index in [1.54, 1.807) is 0 Å². The number of nitrogens with one attached hydrogen (secondary N) is 1. The third-order valence-corrected chi connectivity index (χ3v) is 3.83. The van der Waals surface area contributed by atoms with Crippen LogP contribution in [0.4, 0.5) is 0 Å². The average molecular weight is 240 g/mol. The van der Waals surface area contributed by atoms with E-state index in [-0.39, 0.29) is 11.1 Å². The van der Waals surface area contributed by atoms with Gasteiger partial charge in [0.1, 0.15) is 0 Å². The Morgan fingerprint density at radius 3 is 1.76 bits per heavy atom. The predicted molar refractivity (Wildman–Crippen MR) is 78.3 cm³/mol. The van der Waals surface area contributed by atoms with Crippen LogP contribution in [0.1, 0.15) is 61.3 Å². The van der Waals surface area contributed by atoms with Crippen LogP contribution in [-0.2, 0) is 0 Å². The molecule has 102 valence electrons. The molecule has 0 saturated carbocycles. The van der Waals surface area contributed by atoms with Gasteiger partial charge in [0.25, 0.3) is 0 Å². The lowest BCUT2D eigenvalue weighted by atomic mass is 9.80. The summed E-state index contributed by atoms with van der Waals surface area (Å²) in [6.07, 6.45) is 2.40. The topological polar surface area (TPSA) is 15.3 Å². The summed E-state index contributed by atoms with van der Waals surface area (Å²) in [5.41, 5.74) is 1.16. The highest BCUT2D eigenvalue weighted by atomic mass is 15.2. The average Bonchev–Trinajstić information content (AvgIpc) is 2.15. The van der Waals surface area contributed by atoms with Crippen LogP contribution >= 0.6 is 0 Å². The Balaban J connectivity index is 4.95. The van der Waals surface area contributed by atoms with Gasteiger partial charge in [-0.05, 0) is 60.5 Å². The van der Waals surface area contributed by atoms with Crippen LogP contribution in [0.2, 0.25) is 0 Å². The largest absolute Gasteiger partial charge is 0.382 e. The SMILES string of the molecule is C=C(C)NC(C)(C)C(C)(C)N(CCC)CCC. The third kappa shape index (κ3) is 4.34. The summed E-state index contributed by atoms with van der Waals surface area (Å²) in [4.78, 5) is 2.59. The van der Waals surface area contributed by atoms with Gasteiger partial charge in [-0.2, -0.15) is 0 Å². The fourth-order valence-electron chi connectivity index (χ4n) is 2.29. The second kappa shape index (κ2) is 6.44. The third-order valence-electron chi connectivity index (χ3n) is 3.83. The van der Waals surface area contributed by atoms with Crippen LogP contribution in [0.15, 0.2) is 12.3 Å². The molecular weight excluding hydrogens is 208 g/mol. The Morgan fingerprint density at radius 1 is 1.06 bits per heavy atom. The van der Waals surface area contributed by atoms with E-state index in [2.05, 4.69) is 58.3 Å². The zero-order chi connectivity index (χ0) is 13.7. The molecule has 0 aromatic heterocycles. The first-order valence-corrected chi connectivity index (χ1v) is 6.87. The van der Waals surface area contributed by atoms with Crippen molar-refractivity contribution in [1.29, 1.82) is 0 Å². The van der Waals surface area contributed by atoms with Crippen LogP contribution in [0.25, 0.3) is 0 Å². The molecule has 0 bridgehead atoms. The van der Waals surface area contributed by atoms with Gasteiger partial charge in [0.2, 0.25) is 0 Å². The summed E-state index contributed by atoms with van der Waals surface area (Å²) in [7, 11) is 0. The first kappa shape index (κ1) is 16.5. The summed E-state index contributed by atoms with van der Waals surface area (Å²) in [5, 5.41) is 3.52. The summed E-state index contributed by atoms with van der Waals surface area (Å²) >= 11 is 0. The van der Waals surface area contributed by atoms with Gasteiger partial charge >= 0.3 is 0 Å². The van der Waals surface area contributed by atoms with Crippen molar-refractivity contribution in [3.8, 4) is 0 Å². The second-order valence-corrected chi connectivity index (χ2v) is 6.08. The molecule has 0 unspecified atom stereocenters. The summed E-state index contributed by atoms with van der Waals surface area (Å²) in [6.45, 7) is 22.0. The lowest BCUT2D eigenvalue weighted by molar-refractivity contribution is 0.0442. The van der Waals surface area contributed by atoms with E-state index >= 15 is 0 Å². The van der Waals surface area contributed by atoms with Crippen molar-refractivity contribution in [2.75, 3.05) is 13.1 Å². The molecule has 0 aromatic carbocycles. The Kier molecular flexibility index (Phi) is 6.25. The standard InChI is InChI=1S/C15H32N2/c1-9-11-17(12-10-2)15(7,8)14(5,6)16-13(3)4/h16H,3,9-12H2,1-2,4-8H3. The molecule has 0 aliphatic rings. The number of hydrogen-bond acceptors (Lipinski definition) is 2. The minimum absolute atomic E-state index is 0.0170. The van der Waals surface area contributed by atoms with Gasteiger partial charge in [-0.15, -0.1) is 0 Å². The minimum atomic E-state index is 0.0170. The molecule has 17 heavy (non-hydrogen) atoms. The predicted octanol–water partition coefficient (Wildman–Crippen LogP) is 3.79. The van der Waals surface area contributed by atoms with Crippen molar-refractivity contribution < 1.29 is 0 Å². The van der Waals surface area contributed by atoms with Crippen molar-refractivity contribution in [2.45, 2.75) is 72.4 Å². The lowest BCUT2D eigenvalue weighted by Crippen LogP contribution is -2.64. The first-order chi connectivity index (χ1) is 7.69. The molecule has 0 rings (SSSR count). The Bertz CT molecular complexity index is 235. The molecule has 2 heteroatoms. The van der Waals surface area contributed by atoms with Gasteiger partial charge < -0.3 is 5.32 Å². The number of allylic oxidation sites excluding steroid dienone is 1. The number of nitrogens with zero attached hydrogens (tertiary/aromatic N) is 1. The fourth-order valence-corrected chi connectivity index (χ4v) is 2.29. The fraction of sp³-hybridized carbons (Fsp3) is 0.867. The molecule has 0 heterocycles. The summed E-state index contributed by atoms with van der Waals surface area (Å²) in [5.74, 6) is 0. The number of hydrogen-bond donors (Lipinski definition) is 1. The van der Waals surface area contributed by atoms with E-state index in [9.17, 15) is 0 Å². The highest BCUT2D eigenvalue weighted by molar-refractivity contribution is 5.06. The molecule has 1 N–H and O–H groups in total. The molecule has 0 aliphatic carbocycles. The molecule has 0 amide bonds. The monoisotopic (exact) mass is 240 g/mol. The van der Waals surface area contributed by atoms with Crippen LogP contribution in [0.3, 0.4) is 0 Å². The molecule has 0 fully saturated rings. The van der Waals surface area contributed by atoms with Crippen molar-refractivity contribution in [3.63, 3.8) is 0 Å². The zero-order valence-electron chi connectivity index (χ0n) is 13.0. The van der Waals surface area contributed by atoms with Crippen LogP contribution in [-0.4, -0.2) is 29.1 Å². The molecular formula is C15H32N2. The van der Waals surface area contributed by atoms with E-state index in [1.807, 2.05) is 6.92 Å². The maximum absolute atomic E-state index is 3.98. The van der Waals surface area contributed by atoms with Gasteiger partial charge in [-0.25, -0.2) is 0 Å². The van der Waals surface area contributed by atoms with Gasteiger partial charge in [0.15, 0.2) is 0 Å². The van der Waals surface area contributed by atoms with Gasteiger partial charge in [0.05, 0.1) is 0 Å². The maximum atomic E-state index is 3.98. The van der Waals surface area contributed by atoms with E-state index in [1.165, 1.54) is 12.8 Å². The smallest absolute Gasteiger partial charge is 0.0492 e. The van der Waals surface area contributed by atoms with Crippen molar-refractivity contribution in [3.05, 3.63) is 12.3 Å². The van der Waals surface area contributed by atoms with Crippen LogP contribution < -0.4 is 5.32 Å². The summed E-state index contributed by atoms with van der Waals surface area (Å²) < 4.78 is 0. The minimum Gasteiger partial charge on any atom is -0.382 e. The second-order valence-electron chi connectivity index (χ2n) is 6.08. The van der Waals surface area contributed by atoms with Crippen LogP contribution in [0, 0.1) is 0 Å². The van der Waals surface area contributed by atoms with Crippen molar-refractivity contribution >= 4 is 0 Å². The summed E-state index contributed by atoms with van der Waals surface area (Å²) in [6, 6.07) is 0. The Labute approximate surface area is 108 Å². The highest BCUT2D eigenvalue weighted by Gasteiger charge is 2.40. The number of rotatable bonds is 8. The van der Waals surface area contributed by atoms with E-state index in [4.69, 9.17) is 0 Å². The molecule has 0 atom stereocenters. The molecule has 0 saturated heterocycles. The van der Waals surface area contributed by atoms with Gasteiger partial charge in [-0.1, -0.05) is 20.4 Å². The molecule has 0 aromatic rings. The first-order valence-electron chi connectivity index (χ1n) is 6.87. The highest BCUT2D eigenvalue weighted by Crippen LogP contribution is 2.29. The van der Waals surface area contributed by atoms with E-state index in [0.29, 0.717) is 0 Å². The van der Waals surface area contributed by atoms with Gasteiger partial charge in [-0.3, -0.25) is 4.90 Å². The van der Waals surface area contributed by atoms with Crippen molar-refractivity contribution in [2.24, 2.45) is 0 Å². The Hall–Kier alpha value is -0.500. The molecule has 0 aliphatic heterocycles. The lowest BCUT2D eigenvalue weighted by Gasteiger charge is -2.50. The quantitative estimate of drug-likeness (QED) is 0.694. The molecule has 0 radical (unpaired) electrons.